The summed E-state index contributed by atoms with van der Waals surface area (Å²) in [6.45, 7) is -0.103. The van der Waals surface area contributed by atoms with Crippen LogP contribution in [0.2, 0.25) is 0 Å². The molecule has 4 nitrogen and oxygen atoms in total. The molecule has 0 aliphatic heterocycles. The number of aliphatic hydroxyl groups is 1. The van der Waals surface area contributed by atoms with Crippen LogP contribution in [-0.2, 0) is 6.61 Å². The average molecular weight is 154 g/mol. The largest absolute Gasteiger partial charge is 0.493 e. The topological polar surface area (TPSA) is 68.4 Å². The first-order valence-corrected chi connectivity index (χ1v) is 3.18. The molecule has 0 radical (unpaired) electrons. The van der Waals surface area contributed by atoms with Gasteiger partial charge in [-0.05, 0) is 12.1 Å². The molecule has 0 aromatic carbocycles. The summed E-state index contributed by atoms with van der Waals surface area (Å²) in [5.74, 6) is 0.834. The Hall–Kier alpha value is -1.29. The summed E-state index contributed by atoms with van der Waals surface area (Å²) in [5.41, 5.74) is 6.00. The highest BCUT2D eigenvalue weighted by molar-refractivity contribution is 5.46. The second-order valence-electron chi connectivity index (χ2n) is 2.05. The molecule has 60 valence electrons. The Morgan fingerprint density at radius 1 is 1.64 bits per heavy atom. The molecule has 0 fully saturated rings. The van der Waals surface area contributed by atoms with Gasteiger partial charge in [0.05, 0.1) is 19.4 Å². The number of aromatic nitrogens is 1. The van der Waals surface area contributed by atoms with Gasteiger partial charge < -0.3 is 15.6 Å². The van der Waals surface area contributed by atoms with Crippen molar-refractivity contribution in [3.8, 4) is 5.75 Å². The lowest BCUT2D eigenvalue weighted by Crippen LogP contribution is -1.98. The molecule has 1 heterocycles. The number of pyridine rings is 1. The third kappa shape index (κ3) is 1.59. The molecule has 1 rings (SSSR count). The van der Waals surface area contributed by atoms with Gasteiger partial charge >= 0.3 is 0 Å². The van der Waals surface area contributed by atoms with E-state index in [0.29, 0.717) is 17.3 Å². The predicted molar refractivity (Wildman–Crippen MR) is 41.1 cm³/mol. The molecular weight excluding hydrogens is 144 g/mol. The lowest BCUT2D eigenvalue weighted by molar-refractivity contribution is 0.276. The van der Waals surface area contributed by atoms with E-state index >= 15 is 0 Å². The van der Waals surface area contributed by atoms with Crippen LogP contribution in [0.1, 0.15) is 5.69 Å². The number of nitrogens with two attached hydrogens (primary N) is 1. The molecule has 4 heteroatoms. The fourth-order valence-corrected chi connectivity index (χ4v) is 0.765. The molecule has 0 atom stereocenters. The highest BCUT2D eigenvalue weighted by atomic mass is 16.5. The fraction of sp³-hybridized carbons (Fsp3) is 0.286. The van der Waals surface area contributed by atoms with E-state index in [1.165, 1.54) is 7.11 Å². The minimum Gasteiger partial charge on any atom is -0.493 e. The Labute approximate surface area is 64.6 Å². The first-order chi connectivity index (χ1) is 5.27. The van der Waals surface area contributed by atoms with Gasteiger partial charge in [0, 0.05) is 0 Å². The number of rotatable bonds is 2. The van der Waals surface area contributed by atoms with Crippen molar-refractivity contribution in [1.82, 2.24) is 4.98 Å². The van der Waals surface area contributed by atoms with Crippen LogP contribution >= 0.6 is 0 Å². The van der Waals surface area contributed by atoms with Gasteiger partial charge in [-0.2, -0.15) is 0 Å². The van der Waals surface area contributed by atoms with E-state index in [1.807, 2.05) is 0 Å². The van der Waals surface area contributed by atoms with Crippen molar-refractivity contribution >= 4 is 5.82 Å². The molecule has 0 saturated heterocycles. The van der Waals surface area contributed by atoms with Crippen molar-refractivity contribution in [3.05, 3.63) is 17.8 Å². The number of aliphatic hydroxyl groups excluding tert-OH is 1. The summed E-state index contributed by atoms with van der Waals surface area (Å²) in [4.78, 5) is 3.87. The second-order valence-corrected chi connectivity index (χ2v) is 2.05. The number of anilines is 1. The minimum absolute atomic E-state index is 0.103. The molecule has 3 N–H and O–H groups in total. The summed E-state index contributed by atoms with van der Waals surface area (Å²) in [6.07, 6.45) is 0. The highest BCUT2D eigenvalue weighted by Gasteiger charge is 2.00. The smallest absolute Gasteiger partial charge is 0.166 e. The minimum atomic E-state index is -0.103. The van der Waals surface area contributed by atoms with E-state index in [0.717, 1.165) is 0 Å². The third-order valence-corrected chi connectivity index (χ3v) is 1.33. The van der Waals surface area contributed by atoms with E-state index in [4.69, 9.17) is 15.6 Å². The van der Waals surface area contributed by atoms with Gasteiger partial charge in [0.2, 0.25) is 0 Å². The first-order valence-electron chi connectivity index (χ1n) is 3.18. The van der Waals surface area contributed by atoms with Crippen molar-refractivity contribution in [3.63, 3.8) is 0 Å². The van der Waals surface area contributed by atoms with Crippen molar-refractivity contribution in [2.45, 2.75) is 6.61 Å². The van der Waals surface area contributed by atoms with Crippen molar-refractivity contribution in [1.29, 1.82) is 0 Å². The van der Waals surface area contributed by atoms with Crippen molar-refractivity contribution in [2.75, 3.05) is 12.8 Å². The summed E-state index contributed by atoms with van der Waals surface area (Å²) in [6, 6.07) is 3.34. The zero-order valence-corrected chi connectivity index (χ0v) is 6.24. The Morgan fingerprint density at radius 3 is 2.82 bits per heavy atom. The zero-order valence-electron chi connectivity index (χ0n) is 6.24. The molecule has 0 unspecified atom stereocenters. The summed E-state index contributed by atoms with van der Waals surface area (Å²) < 4.78 is 4.88. The van der Waals surface area contributed by atoms with Crippen molar-refractivity contribution < 1.29 is 9.84 Å². The lowest BCUT2D eigenvalue weighted by atomic mass is 10.3. The quantitative estimate of drug-likeness (QED) is 0.637. The van der Waals surface area contributed by atoms with Crippen LogP contribution in [-0.4, -0.2) is 17.2 Å². The van der Waals surface area contributed by atoms with Crippen LogP contribution in [0.15, 0.2) is 12.1 Å². The maximum absolute atomic E-state index is 8.67. The monoisotopic (exact) mass is 154 g/mol. The SMILES string of the molecule is COc1ccc(CO)nc1N. The standard InChI is InChI=1S/C7H10N2O2/c1-11-6-3-2-5(4-10)9-7(6)8/h2-3,10H,4H2,1H3,(H2,8,9). The number of nitrogen functional groups attached to an aromatic ring is 1. The van der Waals surface area contributed by atoms with Crippen LogP contribution in [0.25, 0.3) is 0 Å². The van der Waals surface area contributed by atoms with Crippen LogP contribution in [0.4, 0.5) is 5.82 Å². The third-order valence-electron chi connectivity index (χ3n) is 1.33. The molecule has 1 aromatic heterocycles. The van der Waals surface area contributed by atoms with E-state index < -0.39 is 0 Å². The van der Waals surface area contributed by atoms with Gasteiger partial charge in [-0.15, -0.1) is 0 Å². The van der Waals surface area contributed by atoms with Crippen LogP contribution in [0.5, 0.6) is 5.75 Å². The first kappa shape index (κ1) is 7.81. The number of methoxy groups -OCH3 is 1. The van der Waals surface area contributed by atoms with Gasteiger partial charge in [0.15, 0.2) is 11.6 Å². The van der Waals surface area contributed by atoms with E-state index in [9.17, 15) is 0 Å². The summed E-state index contributed by atoms with van der Waals surface area (Å²) >= 11 is 0. The Kier molecular flexibility index (Phi) is 2.28. The van der Waals surface area contributed by atoms with Gasteiger partial charge in [0.25, 0.3) is 0 Å². The van der Waals surface area contributed by atoms with E-state index in [2.05, 4.69) is 4.98 Å². The van der Waals surface area contributed by atoms with Gasteiger partial charge in [-0.3, -0.25) is 0 Å². The number of ether oxygens (including phenoxy) is 1. The molecule has 0 aliphatic rings. The van der Waals surface area contributed by atoms with Crippen LogP contribution < -0.4 is 10.5 Å². The Bertz CT molecular complexity index is 250. The second kappa shape index (κ2) is 3.21. The molecule has 0 bridgehead atoms. The Morgan fingerprint density at radius 2 is 2.36 bits per heavy atom. The van der Waals surface area contributed by atoms with Crippen molar-refractivity contribution in [2.24, 2.45) is 0 Å². The fourth-order valence-electron chi connectivity index (χ4n) is 0.765. The normalized spacial score (nSPS) is 9.64. The van der Waals surface area contributed by atoms with E-state index in [1.54, 1.807) is 12.1 Å². The number of hydrogen-bond acceptors (Lipinski definition) is 4. The van der Waals surface area contributed by atoms with Gasteiger partial charge in [-0.1, -0.05) is 0 Å². The van der Waals surface area contributed by atoms with Gasteiger partial charge in [-0.25, -0.2) is 4.98 Å². The molecule has 0 saturated carbocycles. The van der Waals surface area contributed by atoms with E-state index in [-0.39, 0.29) is 6.61 Å². The molecule has 0 aliphatic carbocycles. The molecule has 11 heavy (non-hydrogen) atoms. The molecule has 0 amide bonds. The van der Waals surface area contributed by atoms with Crippen LogP contribution in [0, 0.1) is 0 Å². The number of nitrogens with zero attached hydrogens (tertiary/aromatic N) is 1. The summed E-state index contributed by atoms with van der Waals surface area (Å²) in [7, 11) is 1.52. The highest BCUT2D eigenvalue weighted by Crippen LogP contribution is 2.17. The maximum atomic E-state index is 8.67. The predicted octanol–water partition coefficient (Wildman–Crippen LogP) is 0.165. The average Bonchev–Trinajstić information content (AvgIpc) is 2.04. The maximum Gasteiger partial charge on any atom is 0.166 e. The molecule has 1 aromatic rings. The Balaban J connectivity index is 2.99. The summed E-state index contributed by atoms with van der Waals surface area (Å²) in [5, 5.41) is 8.67. The molecular formula is C7H10N2O2. The lowest BCUT2D eigenvalue weighted by Gasteiger charge is -2.03. The zero-order chi connectivity index (χ0) is 8.27. The van der Waals surface area contributed by atoms with Crippen LogP contribution in [0.3, 0.4) is 0 Å². The van der Waals surface area contributed by atoms with Gasteiger partial charge in [0.1, 0.15) is 0 Å². The molecule has 0 spiro atoms. The number of hydrogen-bond donors (Lipinski definition) is 2.